The fourth-order valence-corrected chi connectivity index (χ4v) is 15.2. The molecule has 1 heterocycles. The Morgan fingerprint density at radius 2 is 1.11 bits per heavy atom. The van der Waals surface area contributed by atoms with Crippen molar-refractivity contribution in [2.45, 2.75) is 107 Å². The van der Waals surface area contributed by atoms with Crippen LogP contribution in [0, 0.1) is 3.63 Å². The summed E-state index contributed by atoms with van der Waals surface area (Å²) < 4.78 is 80.6. The summed E-state index contributed by atoms with van der Waals surface area (Å²) in [5, 5.41) is 1.79. The molecule has 1 aromatic heterocycles. The van der Waals surface area contributed by atoms with Crippen LogP contribution in [-0.4, -0.2) is 30.2 Å². The molecule has 5 rings (SSSR count). The maximum absolute atomic E-state index is 17.1. The molecule has 0 aliphatic heterocycles. The van der Waals surface area contributed by atoms with Gasteiger partial charge in [-0.3, -0.25) is 0 Å². The summed E-state index contributed by atoms with van der Waals surface area (Å²) in [6.07, 6.45) is 1.71. The zero-order valence-corrected chi connectivity index (χ0v) is 36.3. The molecule has 1 unspecified atom stereocenters. The Bertz CT molecular complexity index is 2110. The fraction of sp³-hybridized carbons (Fsp3) is 0.409. The van der Waals surface area contributed by atoms with Crippen molar-refractivity contribution in [3.05, 3.63) is 123 Å². The van der Waals surface area contributed by atoms with E-state index in [9.17, 15) is 4.79 Å². The Morgan fingerprint density at radius 1 is 0.655 bits per heavy atom. The average molecular weight is 1010 g/mol. The van der Waals surface area contributed by atoms with E-state index in [0.29, 0.717) is 16.9 Å². The number of para-hydroxylation sites is 2. The second-order valence-corrected chi connectivity index (χ2v) is 27.5. The summed E-state index contributed by atoms with van der Waals surface area (Å²) >= 11 is -3.63. The molecule has 0 saturated heterocycles. The number of benzene rings is 4. The number of rotatable bonds is 13. The van der Waals surface area contributed by atoms with Gasteiger partial charge >= 0.3 is 326 Å². The molecule has 0 amide bonds. The third kappa shape index (κ3) is 8.53. The first-order chi connectivity index (χ1) is 25.8. The van der Waals surface area contributed by atoms with E-state index in [0.717, 1.165) is 33.0 Å². The van der Waals surface area contributed by atoms with Gasteiger partial charge in [0.2, 0.25) is 0 Å². The van der Waals surface area contributed by atoms with Gasteiger partial charge in [-0.2, -0.15) is 0 Å². The van der Waals surface area contributed by atoms with Crippen molar-refractivity contribution in [3.63, 3.8) is 0 Å². The third-order valence-electron chi connectivity index (χ3n) is 9.67. The summed E-state index contributed by atoms with van der Waals surface area (Å²) in [7, 11) is 0. The molecule has 0 bridgehead atoms. The molecule has 55 heavy (non-hydrogen) atoms. The summed E-state index contributed by atoms with van der Waals surface area (Å²) in [5.41, 5.74) is 4.39. The van der Waals surface area contributed by atoms with Crippen LogP contribution in [0.3, 0.4) is 0 Å². The number of esters is 1. The summed E-state index contributed by atoms with van der Waals surface area (Å²) in [6, 6.07) is 23.9. The molecule has 0 aliphatic carbocycles. The SMILES string of the molecule is CC(C)c1cccc(C(C)C)c1-n1ccn(-c2c(C(C)C)cccc2C(C)C)[c]1=[Au]([Br])([C](F)(F)F)[C](F)(F)CCCCOC(=O)c1ccc2ccccc2c1. The monoisotopic (exact) mass is 1010 g/mol. The molecule has 0 saturated carbocycles. The van der Waals surface area contributed by atoms with E-state index in [2.05, 4.69) is 13.0 Å². The van der Waals surface area contributed by atoms with Crippen molar-refractivity contribution in [3.8, 4) is 11.4 Å². The standard InChI is InChI=1S/C27H36N2.C16H15F2O2.CF3.Au.BrH/c1-18(2)22-11-9-12-23(19(3)4)26(22)28-15-16-29(17-28)27-24(20(5)6)13-10-14-25(27)21(7)8;17-15(18)7-3-4-10-20-16(19)14-9-8-12-5-1-2-6-13(12)11-14;2-1(3)4;;/h9-16,18-21H,1-8H3;1-2,5-6,8-9,11H,3-4,7,10H2;;;1H/q;;;+1;/p-1. The molecule has 5 aromatic rings. The number of fused-ring (bicyclic) bond motifs is 1. The maximum atomic E-state index is 17.1. The third-order valence-corrected chi connectivity index (χ3v) is 23.3. The first-order valence-corrected chi connectivity index (χ1v) is 26.6. The second-order valence-electron chi connectivity index (χ2n) is 15.0. The van der Waals surface area contributed by atoms with Gasteiger partial charge in [0.1, 0.15) is 0 Å². The van der Waals surface area contributed by atoms with Gasteiger partial charge in [0.15, 0.2) is 0 Å². The van der Waals surface area contributed by atoms with Crippen molar-refractivity contribution in [2.75, 3.05) is 6.61 Å². The van der Waals surface area contributed by atoms with Crippen LogP contribution in [0.1, 0.15) is 131 Å². The fourth-order valence-electron chi connectivity index (χ4n) is 6.84. The van der Waals surface area contributed by atoms with Crippen LogP contribution in [0.5, 0.6) is 0 Å². The molecule has 1 atom stereocenters. The van der Waals surface area contributed by atoms with Crippen LogP contribution >= 0.6 is 13.0 Å². The molecule has 302 valence electrons. The van der Waals surface area contributed by atoms with Gasteiger partial charge < -0.3 is 0 Å². The summed E-state index contributed by atoms with van der Waals surface area (Å²) in [4.78, 5) is 12.8. The number of halogens is 6. The Labute approximate surface area is 330 Å². The number of carbonyl (C=O) groups excluding carboxylic acids is 1. The molecule has 0 radical (unpaired) electrons. The van der Waals surface area contributed by atoms with Crippen LogP contribution in [0.25, 0.3) is 22.1 Å². The topological polar surface area (TPSA) is 36.2 Å². The molecule has 4 nitrogen and oxygen atoms in total. The van der Waals surface area contributed by atoms with Crippen LogP contribution in [0.2, 0.25) is 0 Å². The number of imidazole rings is 1. The van der Waals surface area contributed by atoms with E-state index in [1.807, 2.05) is 116 Å². The van der Waals surface area contributed by atoms with Crippen molar-refractivity contribution >= 4 is 29.8 Å². The number of carbonyl (C=O) groups is 1. The summed E-state index contributed by atoms with van der Waals surface area (Å²) in [5.74, 6) is -1.04. The van der Waals surface area contributed by atoms with E-state index in [-0.39, 0.29) is 43.1 Å². The molecule has 11 heteroatoms. The number of ether oxygens (including phenoxy) is 1. The number of hydrogen-bond acceptors (Lipinski definition) is 2. The molecule has 0 fully saturated rings. The van der Waals surface area contributed by atoms with E-state index in [1.165, 1.54) is 21.5 Å². The van der Waals surface area contributed by atoms with Crippen molar-refractivity contribution in [2.24, 2.45) is 0 Å². The molecular weight excluding hydrogens is 960 g/mol. The number of hydrogen-bond donors (Lipinski definition) is 0. The number of unbranched alkanes of at least 4 members (excludes halogenated alkanes) is 1. The van der Waals surface area contributed by atoms with Crippen molar-refractivity contribution in [1.29, 1.82) is 0 Å². The van der Waals surface area contributed by atoms with Crippen LogP contribution in [-0.2, 0) is 19.3 Å². The Kier molecular flexibility index (Phi) is 13.3. The van der Waals surface area contributed by atoms with E-state index >= 15 is 22.0 Å². The van der Waals surface area contributed by atoms with E-state index in [1.54, 1.807) is 18.2 Å². The predicted molar refractivity (Wildman–Crippen MR) is 213 cm³/mol. The Hall–Kier alpha value is -3.31. The first-order valence-electron chi connectivity index (χ1n) is 18.6. The minimum absolute atomic E-state index is 0.0295. The van der Waals surface area contributed by atoms with E-state index in [4.69, 9.17) is 4.74 Å². The van der Waals surface area contributed by atoms with Crippen molar-refractivity contribution < 1.29 is 46.0 Å². The summed E-state index contributed by atoms with van der Waals surface area (Å²) in [6.45, 7) is 15.4. The van der Waals surface area contributed by atoms with Gasteiger partial charge in [-0.15, -0.1) is 0 Å². The average Bonchev–Trinajstić information content (AvgIpc) is 3.57. The Morgan fingerprint density at radius 3 is 1.55 bits per heavy atom. The van der Waals surface area contributed by atoms with Crippen LogP contribution in [0.4, 0.5) is 22.0 Å². The zero-order valence-electron chi connectivity index (χ0n) is 32.6. The molecule has 0 spiro atoms. The number of aromatic nitrogens is 2. The first kappa shape index (κ1) is 42.8. The number of nitrogens with zero attached hydrogens (tertiary/aromatic N) is 2. The quantitative estimate of drug-likeness (QED) is 0.0510. The Balaban J connectivity index is 1.68. The van der Waals surface area contributed by atoms with Crippen LogP contribution < -0.4 is 0 Å². The molecule has 0 aliphatic rings. The van der Waals surface area contributed by atoms with Gasteiger partial charge in [0, 0.05) is 0 Å². The van der Waals surface area contributed by atoms with E-state index < -0.39 is 39.1 Å². The molecular formula is C44H51AuBrF5N2O2. The second kappa shape index (κ2) is 17.0. The van der Waals surface area contributed by atoms with Gasteiger partial charge in [0.05, 0.1) is 0 Å². The normalized spacial score (nSPS) is 14.3. The molecule has 0 N–H and O–H groups in total. The minimum atomic E-state index is -6.60. The van der Waals surface area contributed by atoms with Gasteiger partial charge in [-0.25, -0.2) is 0 Å². The number of alkyl halides is 5. The van der Waals surface area contributed by atoms with Gasteiger partial charge in [0.25, 0.3) is 0 Å². The van der Waals surface area contributed by atoms with Crippen molar-refractivity contribution in [1.82, 2.24) is 9.13 Å². The van der Waals surface area contributed by atoms with Crippen LogP contribution in [0.15, 0.2) is 91.3 Å². The molecule has 4 aromatic carbocycles. The van der Waals surface area contributed by atoms with Gasteiger partial charge in [-0.05, 0) is 0 Å². The van der Waals surface area contributed by atoms with Gasteiger partial charge in [-0.1, -0.05) is 6.07 Å². The predicted octanol–water partition coefficient (Wildman–Crippen LogP) is 14.1. The zero-order chi connectivity index (χ0) is 40.5.